The van der Waals surface area contributed by atoms with Crippen LogP contribution in [0.5, 0.6) is 0 Å². The lowest BCUT2D eigenvalue weighted by molar-refractivity contribution is 0.0691. The second-order valence-electron chi connectivity index (χ2n) is 11.5. The standard InChI is InChI=1S/C29H38N6O5S2/c1-19(2)40-28(37)35-14-11-20(12-15-35)26-31-18-24(41-26)23-10-9-21(16-25(23)42(38,39)34-29(3,4)5)33-27(36)32-17-22-8-6-7-13-30-22/h6-10,13,16,18-20,34H,11-12,14-15,17H2,1-5H3,(H2,32,33,36). The van der Waals surface area contributed by atoms with Gasteiger partial charge in [-0.25, -0.2) is 27.7 Å². The lowest BCUT2D eigenvalue weighted by atomic mass is 9.98. The third-order valence-corrected chi connectivity index (χ3v) is 9.34. The summed E-state index contributed by atoms with van der Waals surface area (Å²) < 4.78 is 35.2. The van der Waals surface area contributed by atoms with E-state index in [1.54, 1.807) is 62.3 Å². The number of nitrogens with one attached hydrogen (secondary N) is 3. The van der Waals surface area contributed by atoms with Crippen molar-refractivity contribution in [2.24, 2.45) is 0 Å². The molecule has 2 aromatic heterocycles. The molecule has 1 saturated heterocycles. The largest absolute Gasteiger partial charge is 0.447 e. The minimum absolute atomic E-state index is 0.0430. The van der Waals surface area contributed by atoms with Crippen molar-refractivity contribution in [3.63, 3.8) is 0 Å². The monoisotopic (exact) mass is 614 g/mol. The molecule has 0 radical (unpaired) electrons. The van der Waals surface area contributed by atoms with Crippen molar-refractivity contribution in [2.45, 2.75) is 76.5 Å². The Bertz CT molecular complexity index is 1490. The molecule has 3 N–H and O–H groups in total. The molecule has 1 fully saturated rings. The highest BCUT2D eigenvalue weighted by Crippen LogP contribution is 2.38. The van der Waals surface area contributed by atoms with E-state index in [1.165, 1.54) is 17.4 Å². The third-order valence-electron chi connectivity index (χ3n) is 6.35. The zero-order valence-corrected chi connectivity index (χ0v) is 26.1. The average molecular weight is 615 g/mol. The van der Waals surface area contributed by atoms with Crippen LogP contribution in [-0.2, 0) is 21.3 Å². The molecule has 0 spiro atoms. The maximum absolute atomic E-state index is 13.6. The summed E-state index contributed by atoms with van der Waals surface area (Å²) in [6, 6.07) is 9.76. The molecular weight excluding hydrogens is 576 g/mol. The molecule has 3 amide bonds. The summed E-state index contributed by atoms with van der Waals surface area (Å²) in [6.45, 7) is 10.3. The van der Waals surface area contributed by atoms with Gasteiger partial charge in [-0.15, -0.1) is 11.3 Å². The minimum atomic E-state index is -3.96. The summed E-state index contributed by atoms with van der Waals surface area (Å²) in [7, 11) is -3.96. The van der Waals surface area contributed by atoms with Gasteiger partial charge in [0.1, 0.15) is 0 Å². The summed E-state index contributed by atoms with van der Waals surface area (Å²) in [5.41, 5.74) is 0.802. The van der Waals surface area contributed by atoms with Crippen LogP contribution in [0.4, 0.5) is 15.3 Å². The number of benzene rings is 1. The summed E-state index contributed by atoms with van der Waals surface area (Å²) in [4.78, 5) is 36.1. The number of thiazole rings is 1. The number of sulfonamides is 1. The zero-order valence-electron chi connectivity index (χ0n) is 24.5. The Morgan fingerprint density at radius 3 is 2.50 bits per heavy atom. The van der Waals surface area contributed by atoms with Crippen molar-refractivity contribution >= 4 is 39.2 Å². The van der Waals surface area contributed by atoms with E-state index in [1.807, 2.05) is 19.9 Å². The quantitative estimate of drug-likeness (QED) is 0.311. The van der Waals surface area contributed by atoms with Gasteiger partial charge in [0.05, 0.1) is 33.1 Å². The summed E-state index contributed by atoms with van der Waals surface area (Å²) in [6.07, 6.45) is 4.35. The van der Waals surface area contributed by atoms with Gasteiger partial charge in [0.25, 0.3) is 0 Å². The average Bonchev–Trinajstić information content (AvgIpc) is 3.41. The molecule has 0 saturated carbocycles. The smallest absolute Gasteiger partial charge is 0.410 e. The number of pyridine rings is 1. The van der Waals surface area contributed by atoms with Gasteiger partial charge in [0.15, 0.2) is 0 Å². The predicted octanol–water partition coefficient (Wildman–Crippen LogP) is 5.33. The molecule has 0 atom stereocenters. The lowest BCUT2D eigenvalue weighted by Crippen LogP contribution is -2.40. The van der Waals surface area contributed by atoms with Gasteiger partial charge in [-0.05, 0) is 71.7 Å². The van der Waals surface area contributed by atoms with E-state index in [4.69, 9.17) is 4.74 Å². The van der Waals surface area contributed by atoms with Crippen LogP contribution in [0.1, 0.15) is 64.1 Å². The molecule has 226 valence electrons. The van der Waals surface area contributed by atoms with Crippen molar-refractivity contribution < 1.29 is 22.7 Å². The van der Waals surface area contributed by atoms with Crippen LogP contribution < -0.4 is 15.4 Å². The van der Waals surface area contributed by atoms with Gasteiger partial charge in [0.2, 0.25) is 10.0 Å². The van der Waals surface area contributed by atoms with Crippen LogP contribution in [-0.4, -0.2) is 60.1 Å². The van der Waals surface area contributed by atoms with E-state index < -0.39 is 21.6 Å². The predicted molar refractivity (Wildman–Crippen MR) is 163 cm³/mol. The molecule has 3 heterocycles. The highest BCUT2D eigenvalue weighted by Gasteiger charge is 2.29. The molecular formula is C29H38N6O5S2. The van der Waals surface area contributed by atoms with Gasteiger partial charge < -0.3 is 20.3 Å². The first-order valence-electron chi connectivity index (χ1n) is 13.8. The summed E-state index contributed by atoms with van der Waals surface area (Å²) in [5, 5.41) is 6.35. The highest BCUT2D eigenvalue weighted by molar-refractivity contribution is 7.89. The van der Waals surface area contributed by atoms with Crippen molar-refractivity contribution in [1.82, 2.24) is 24.9 Å². The number of ether oxygens (including phenoxy) is 1. The number of likely N-dealkylation sites (tertiary alicyclic amines) is 1. The van der Waals surface area contributed by atoms with Gasteiger partial charge in [0, 0.05) is 48.2 Å². The van der Waals surface area contributed by atoms with Crippen molar-refractivity contribution in [1.29, 1.82) is 0 Å². The second kappa shape index (κ2) is 13.2. The first-order valence-corrected chi connectivity index (χ1v) is 16.1. The third kappa shape index (κ3) is 8.49. The molecule has 4 rings (SSSR count). The SMILES string of the molecule is CC(C)OC(=O)N1CCC(c2ncc(-c3ccc(NC(=O)NCc4ccccn4)cc3S(=O)(=O)NC(C)(C)C)s2)CC1. The van der Waals surface area contributed by atoms with E-state index in [9.17, 15) is 18.0 Å². The fourth-order valence-corrected chi connectivity index (χ4v) is 7.38. The number of hydrogen-bond donors (Lipinski definition) is 3. The Morgan fingerprint density at radius 1 is 1.12 bits per heavy atom. The van der Waals surface area contributed by atoms with E-state index in [0.29, 0.717) is 34.9 Å². The molecule has 0 bridgehead atoms. The van der Waals surface area contributed by atoms with Crippen LogP contribution in [0.25, 0.3) is 10.4 Å². The second-order valence-corrected chi connectivity index (χ2v) is 14.2. The number of nitrogens with zero attached hydrogens (tertiary/aromatic N) is 3. The molecule has 13 heteroatoms. The molecule has 1 aliphatic rings. The Kier molecular flexibility index (Phi) is 9.85. The number of amides is 3. The number of urea groups is 1. The highest BCUT2D eigenvalue weighted by atomic mass is 32.2. The number of aromatic nitrogens is 2. The van der Waals surface area contributed by atoms with Gasteiger partial charge >= 0.3 is 12.1 Å². The van der Waals surface area contributed by atoms with E-state index in [0.717, 1.165) is 17.8 Å². The topological polar surface area (TPSA) is 143 Å². The maximum Gasteiger partial charge on any atom is 0.410 e. The molecule has 0 aliphatic carbocycles. The van der Waals surface area contributed by atoms with E-state index in [-0.39, 0.29) is 29.6 Å². The number of anilines is 1. The van der Waals surface area contributed by atoms with E-state index >= 15 is 0 Å². The van der Waals surface area contributed by atoms with Crippen LogP contribution in [0.15, 0.2) is 53.7 Å². The van der Waals surface area contributed by atoms with Gasteiger partial charge in [-0.1, -0.05) is 12.1 Å². The Labute approximate surface area is 251 Å². The Balaban J connectivity index is 1.53. The molecule has 1 aromatic carbocycles. The summed E-state index contributed by atoms with van der Waals surface area (Å²) >= 11 is 1.44. The minimum Gasteiger partial charge on any atom is -0.447 e. The van der Waals surface area contributed by atoms with Crippen LogP contribution in [0.2, 0.25) is 0 Å². The molecule has 11 nitrogen and oxygen atoms in total. The van der Waals surface area contributed by atoms with Crippen molar-refractivity contribution in [3.8, 4) is 10.4 Å². The molecule has 3 aromatic rings. The zero-order chi connectivity index (χ0) is 30.5. The van der Waals surface area contributed by atoms with Gasteiger partial charge in [-0.2, -0.15) is 0 Å². The number of carbonyl (C=O) groups excluding carboxylic acids is 2. The van der Waals surface area contributed by atoms with Crippen molar-refractivity contribution in [2.75, 3.05) is 18.4 Å². The van der Waals surface area contributed by atoms with E-state index in [2.05, 4.69) is 25.3 Å². The first-order chi connectivity index (χ1) is 19.8. The van der Waals surface area contributed by atoms with Crippen LogP contribution in [0.3, 0.4) is 0 Å². The van der Waals surface area contributed by atoms with Crippen LogP contribution in [0, 0.1) is 0 Å². The fourth-order valence-electron chi connectivity index (χ4n) is 4.52. The molecule has 1 aliphatic heterocycles. The number of rotatable bonds is 8. The fraction of sp³-hybridized carbons (Fsp3) is 0.448. The first kappa shape index (κ1) is 31.4. The normalized spacial score (nSPS) is 14.6. The Hall–Kier alpha value is -3.55. The van der Waals surface area contributed by atoms with Crippen molar-refractivity contribution in [3.05, 3.63) is 59.5 Å². The molecule has 0 unspecified atom stereocenters. The number of piperidine rings is 1. The molecule has 42 heavy (non-hydrogen) atoms. The van der Waals surface area contributed by atoms with Crippen LogP contribution >= 0.6 is 11.3 Å². The number of hydrogen-bond acceptors (Lipinski definition) is 8. The maximum atomic E-state index is 13.6. The lowest BCUT2D eigenvalue weighted by Gasteiger charge is -2.30. The Morgan fingerprint density at radius 2 is 1.86 bits per heavy atom. The summed E-state index contributed by atoms with van der Waals surface area (Å²) in [5.74, 6) is 0.156. The number of carbonyl (C=O) groups is 2. The van der Waals surface area contributed by atoms with Gasteiger partial charge in [-0.3, -0.25) is 4.98 Å².